The van der Waals surface area contributed by atoms with Gasteiger partial charge in [-0.25, -0.2) is 4.39 Å². The number of aliphatic hydroxyl groups excluding tert-OH is 1. The number of halogens is 1. The van der Waals surface area contributed by atoms with E-state index in [1.165, 1.54) is 12.1 Å². The Labute approximate surface area is 101 Å². The van der Waals surface area contributed by atoms with Crippen LogP contribution in [0.4, 0.5) is 4.39 Å². The molecule has 1 aromatic carbocycles. The third kappa shape index (κ3) is 4.53. The summed E-state index contributed by atoms with van der Waals surface area (Å²) in [6.45, 7) is 3.88. The van der Waals surface area contributed by atoms with Crippen LogP contribution in [0.3, 0.4) is 0 Å². The van der Waals surface area contributed by atoms with Crippen LogP contribution in [-0.2, 0) is 0 Å². The number of hydrogen-bond acceptors (Lipinski definition) is 2. The maximum atomic E-state index is 13.1. The summed E-state index contributed by atoms with van der Waals surface area (Å²) in [6.07, 6.45) is 0.956. The van der Waals surface area contributed by atoms with Gasteiger partial charge in [0.25, 0.3) is 5.91 Å². The fraction of sp³-hybridized carbons (Fsp3) is 0.462. The highest BCUT2D eigenvalue weighted by atomic mass is 19.1. The molecule has 0 aliphatic carbocycles. The molecule has 0 fully saturated rings. The van der Waals surface area contributed by atoms with Gasteiger partial charge < -0.3 is 10.4 Å². The van der Waals surface area contributed by atoms with Crippen molar-refractivity contribution in [3.8, 4) is 0 Å². The number of rotatable bonds is 5. The Balaban J connectivity index is 2.58. The monoisotopic (exact) mass is 239 g/mol. The molecule has 94 valence electrons. The number of amides is 1. The van der Waals surface area contributed by atoms with E-state index in [4.69, 9.17) is 0 Å². The number of aryl methyl sites for hydroxylation is 1. The van der Waals surface area contributed by atoms with E-state index in [9.17, 15) is 14.3 Å². The van der Waals surface area contributed by atoms with E-state index in [2.05, 4.69) is 5.32 Å². The molecular formula is C13H18FNO2. The van der Waals surface area contributed by atoms with Crippen molar-refractivity contribution in [2.75, 3.05) is 6.54 Å². The first-order chi connectivity index (χ1) is 8.02. The maximum absolute atomic E-state index is 13.1. The number of carbonyl (C=O) groups is 1. The molecule has 17 heavy (non-hydrogen) atoms. The molecule has 0 aromatic heterocycles. The Morgan fingerprint density at radius 2 is 2.18 bits per heavy atom. The van der Waals surface area contributed by atoms with Gasteiger partial charge in [0.15, 0.2) is 0 Å². The minimum Gasteiger partial charge on any atom is -0.391 e. The van der Waals surface area contributed by atoms with Crippen LogP contribution in [0.1, 0.15) is 35.7 Å². The highest BCUT2D eigenvalue weighted by molar-refractivity contribution is 5.94. The lowest BCUT2D eigenvalue weighted by atomic mass is 10.1. The summed E-state index contributed by atoms with van der Waals surface area (Å²) < 4.78 is 13.1. The van der Waals surface area contributed by atoms with E-state index < -0.39 is 11.9 Å². The summed E-state index contributed by atoms with van der Waals surface area (Å²) >= 11 is 0. The molecule has 0 bridgehead atoms. The normalized spacial score (nSPS) is 12.2. The van der Waals surface area contributed by atoms with Crippen LogP contribution in [0.5, 0.6) is 0 Å². The van der Waals surface area contributed by atoms with Gasteiger partial charge in [-0.3, -0.25) is 4.79 Å². The molecule has 0 saturated heterocycles. The fourth-order valence-corrected chi connectivity index (χ4v) is 1.62. The molecule has 0 spiro atoms. The van der Waals surface area contributed by atoms with Crippen LogP contribution in [0.25, 0.3) is 0 Å². The summed E-state index contributed by atoms with van der Waals surface area (Å²) in [5.74, 6) is -0.785. The minimum atomic E-state index is -0.543. The SMILES string of the molecule is CCCC(O)CNC(=O)c1cc(C)cc(F)c1. The Kier molecular flexibility index (Phi) is 5.10. The quantitative estimate of drug-likeness (QED) is 0.826. The summed E-state index contributed by atoms with van der Waals surface area (Å²) in [5, 5.41) is 12.0. The molecular weight excluding hydrogens is 221 g/mol. The Morgan fingerprint density at radius 1 is 1.47 bits per heavy atom. The topological polar surface area (TPSA) is 49.3 Å². The second kappa shape index (κ2) is 6.35. The molecule has 4 heteroatoms. The number of hydrogen-bond donors (Lipinski definition) is 2. The van der Waals surface area contributed by atoms with Crippen molar-refractivity contribution in [2.24, 2.45) is 0 Å². The predicted octanol–water partition coefficient (Wildman–Crippen LogP) is 2.02. The van der Waals surface area contributed by atoms with Crippen molar-refractivity contribution in [1.29, 1.82) is 0 Å². The second-order valence-corrected chi connectivity index (χ2v) is 4.17. The third-order valence-corrected chi connectivity index (χ3v) is 2.42. The van der Waals surface area contributed by atoms with Gasteiger partial charge in [0.05, 0.1) is 6.10 Å². The predicted molar refractivity (Wildman–Crippen MR) is 64.4 cm³/mol. The van der Waals surface area contributed by atoms with Crippen LogP contribution in [0, 0.1) is 12.7 Å². The van der Waals surface area contributed by atoms with E-state index in [0.717, 1.165) is 6.42 Å². The van der Waals surface area contributed by atoms with Crippen molar-refractivity contribution in [1.82, 2.24) is 5.32 Å². The lowest BCUT2D eigenvalue weighted by Gasteiger charge is -2.11. The van der Waals surface area contributed by atoms with Gasteiger partial charge in [0, 0.05) is 12.1 Å². The van der Waals surface area contributed by atoms with E-state index in [0.29, 0.717) is 12.0 Å². The zero-order chi connectivity index (χ0) is 12.8. The minimum absolute atomic E-state index is 0.197. The van der Waals surface area contributed by atoms with Crippen LogP contribution in [0.15, 0.2) is 18.2 Å². The molecule has 1 aromatic rings. The lowest BCUT2D eigenvalue weighted by Crippen LogP contribution is -2.32. The van der Waals surface area contributed by atoms with Gasteiger partial charge in [0.1, 0.15) is 5.82 Å². The van der Waals surface area contributed by atoms with Crippen molar-refractivity contribution in [2.45, 2.75) is 32.8 Å². The first-order valence-corrected chi connectivity index (χ1v) is 5.76. The first kappa shape index (κ1) is 13.6. The zero-order valence-corrected chi connectivity index (χ0v) is 10.2. The lowest BCUT2D eigenvalue weighted by molar-refractivity contribution is 0.0909. The van der Waals surface area contributed by atoms with Crippen LogP contribution in [0.2, 0.25) is 0 Å². The fourth-order valence-electron chi connectivity index (χ4n) is 1.62. The Hall–Kier alpha value is -1.42. The molecule has 3 nitrogen and oxygen atoms in total. The highest BCUT2D eigenvalue weighted by Crippen LogP contribution is 2.08. The summed E-state index contributed by atoms with van der Waals surface area (Å²) in [5.41, 5.74) is 0.982. The maximum Gasteiger partial charge on any atom is 0.251 e. The first-order valence-electron chi connectivity index (χ1n) is 5.76. The third-order valence-electron chi connectivity index (χ3n) is 2.42. The molecule has 0 heterocycles. The van der Waals surface area contributed by atoms with Crippen LogP contribution in [-0.4, -0.2) is 23.7 Å². The Morgan fingerprint density at radius 3 is 2.76 bits per heavy atom. The molecule has 0 saturated carbocycles. The van der Waals surface area contributed by atoms with Crippen LogP contribution < -0.4 is 5.32 Å². The van der Waals surface area contributed by atoms with Gasteiger partial charge in [-0.15, -0.1) is 0 Å². The van der Waals surface area contributed by atoms with Crippen molar-refractivity contribution in [3.63, 3.8) is 0 Å². The van der Waals surface area contributed by atoms with E-state index >= 15 is 0 Å². The Bertz CT molecular complexity index is 373. The number of nitrogens with one attached hydrogen (secondary N) is 1. The molecule has 0 aliphatic heterocycles. The van der Waals surface area contributed by atoms with Gasteiger partial charge >= 0.3 is 0 Å². The molecule has 1 unspecified atom stereocenters. The highest BCUT2D eigenvalue weighted by Gasteiger charge is 2.09. The molecule has 1 atom stereocenters. The van der Waals surface area contributed by atoms with Crippen molar-refractivity contribution in [3.05, 3.63) is 35.1 Å². The number of benzene rings is 1. The number of aliphatic hydroxyl groups is 1. The van der Waals surface area contributed by atoms with Crippen molar-refractivity contribution >= 4 is 5.91 Å². The smallest absolute Gasteiger partial charge is 0.251 e. The summed E-state index contributed by atoms with van der Waals surface area (Å²) in [4.78, 5) is 11.7. The van der Waals surface area contributed by atoms with E-state index in [1.54, 1.807) is 13.0 Å². The largest absolute Gasteiger partial charge is 0.391 e. The van der Waals surface area contributed by atoms with Crippen LogP contribution >= 0.6 is 0 Å². The summed E-state index contributed by atoms with van der Waals surface area (Å²) in [6, 6.07) is 4.17. The van der Waals surface area contributed by atoms with Gasteiger partial charge in [-0.05, 0) is 37.1 Å². The molecule has 0 radical (unpaired) electrons. The summed E-state index contributed by atoms with van der Waals surface area (Å²) in [7, 11) is 0. The van der Waals surface area contributed by atoms with Crippen molar-refractivity contribution < 1.29 is 14.3 Å². The standard InChI is InChI=1S/C13H18FNO2/c1-3-4-12(16)8-15-13(17)10-5-9(2)6-11(14)7-10/h5-7,12,16H,3-4,8H2,1-2H3,(H,15,17). The van der Waals surface area contributed by atoms with Gasteiger partial charge in [0.2, 0.25) is 0 Å². The molecule has 2 N–H and O–H groups in total. The zero-order valence-electron chi connectivity index (χ0n) is 10.2. The van der Waals surface area contributed by atoms with Gasteiger partial charge in [-0.1, -0.05) is 13.3 Å². The number of carbonyl (C=O) groups excluding carboxylic acids is 1. The van der Waals surface area contributed by atoms with E-state index in [-0.39, 0.29) is 18.0 Å². The van der Waals surface area contributed by atoms with Gasteiger partial charge in [-0.2, -0.15) is 0 Å². The van der Waals surface area contributed by atoms with E-state index in [1.807, 2.05) is 6.92 Å². The average Bonchev–Trinajstić information content (AvgIpc) is 2.25. The molecule has 1 rings (SSSR count). The molecule has 1 amide bonds. The second-order valence-electron chi connectivity index (χ2n) is 4.17. The average molecular weight is 239 g/mol. The molecule has 0 aliphatic rings.